The first-order chi connectivity index (χ1) is 18.7. The summed E-state index contributed by atoms with van der Waals surface area (Å²) in [6, 6.07) is 3.63. The first-order valence-electron chi connectivity index (χ1n) is 14.6. The van der Waals surface area contributed by atoms with Crippen molar-refractivity contribution in [2.24, 2.45) is 17.8 Å². The van der Waals surface area contributed by atoms with Crippen molar-refractivity contribution in [1.82, 2.24) is 15.6 Å². The Bertz CT molecular complexity index is 1070. The summed E-state index contributed by atoms with van der Waals surface area (Å²) in [7, 11) is 0. The number of hydrogen-bond acceptors (Lipinski definition) is 6. The van der Waals surface area contributed by atoms with E-state index in [1.807, 2.05) is 12.1 Å². The van der Waals surface area contributed by atoms with E-state index in [0.29, 0.717) is 54.0 Å². The van der Waals surface area contributed by atoms with Crippen molar-refractivity contribution >= 4 is 23.6 Å². The zero-order chi connectivity index (χ0) is 27.2. The van der Waals surface area contributed by atoms with E-state index in [-0.39, 0.29) is 30.2 Å². The number of aromatic nitrogens is 1. The van der Waals surface area contributed by atoms with Gasteiger partial charge in [0, 0.05) is 28.9 Å². The molecule has 1 aromatic rings. The number of thioether (sulfide) groups is 1. The van der Waals surface area contributed by atoms with Crippen LogP contribution in [0.3, 0.4) is 0 Å². The van der Waals surface area contributed by atoms with Gasteiger partial charge in [-0.1, -0.05) is 19.3 Å². The first kappa shape index (κ1) is 27.4. The number of amides is 1. The topological polar surface area (TPSA) is 101 Å². The number of alkyl halides is 2. The standard InChI is InChI=1S/C29H39F2N3O4S/c30-27(31)38-29-12-17-10-18(13-29)24(19(11-17)14-29)34-25(37)21-6-7-22(28(15-23(35)36)8-9-32-16-28)33-26(21)39-20-4-2-1-3-5-20/h6-7,17-20,24,27,32H,1-5,8-16H2,(H,34,37)(H,35,36)/t17?,18?,19?,24-,28-,29+/m0/s1. The van der Waals surface area contributed by atoms with E-state index in [1.165, 1.54) is 19.3 Å². The summed E-state index contributed by atoms with van der Waals surface area (Å²) in [5.74, 6) is -0.337. The molecule has 5 saturated carbocycles. The number of ether oxygens (including phenoxy) is 1. The highest BCUT2D eigenvalue weighted by molar-refractivity contribution is 7.99. The van der Waals surface area contributed by atoms with Crippen LogP contribution in [0.15, 0.2) is 17.2 Å². The molecule has 1 aliphatic heterocycles. The lowest BCUT2D eigenvalue weighted by Gasteiger charge is -2.59. The summed E-state index contributed by atoms with van der Waals surface area (Å²) in [6.07, 6.45) is 10.2. The Hall–Kier alpha value is -1.78. The second-order valence-electron chi connectivity index (χ2n) is 12.7. The van der Waals surface area contributed by atoms with Crippen LogP contribution in [0.4, 0.5) is 8.78 Å². The number of pyridine rings is 1. The van der Waals surface area contributed by atoms with E-state index < -0.39 is 23.6 Å². The fourth-order valence-electron chi connectivity index (χ4n) is 8.58. The van der Waals surface area contributed by atoms with E-state index >= 15 is 0 Å². The van der Waals surface area contributed by atoms with E-state index in [4.69, 9.17) is 9.72 Å². The largest absolute Gasteiger partial charge is 0.481 e. The number of halogens is 2. The molecule has 0 radical (unpaired) electrons. The molecule has 0 aromatic carbocycles. The van der Waals surface area contributed by atoms with Gasteiger partial charge < -0.3 is 20.5 Å². The monoisotopic (exact) mass is 563 g/mol. The number of rotatable bonds is 9. The van der Waals surface area contributed by atoms with Crippen molar-refractivity contribution < 1.29 is 28.2 Å². The van der Waals surface area contributed by atoms with Crippen LogP contribution >= 0.6 is 11.8 Å². The molecule has 6 fully saturated rings. The van der Waals surface area contributed by atoms with Gasteiger partial charge in [0.25, 0.3) is 5.91 Å². The van der Waals surface area contributed by atoms with Gasteiger partial charge in [0.15, 0.2) is 0 Å². The second-order valence-corrected chi connectivity index (χ2v) is 14.0. The maximum absolute atomic E-state index is 13.8. The van der Waals surface area contributed by atoms with E-state index in [2.05, 4.69) is 10.6 Å². The normalized spacial score (nSPS) is 36.0. The molecule has 1 amide bonds. The number of carboxylic acids is 1. The van der Waals surface area contributed by atoms with Crippen molar-refractivity contribution in [3.63, 3.8) is 0 Å². The van der Waals surface area contributed by atoms with Crippen LogP contribution in [0.1, 0.15) is 93.1 Å². The van der Waals surface area contributed by atoms with Crippen LogP contribution in [0.25, 0.3) is 0 Å². The van der Waals surface area contributed by atoms with Crippen molar-refractivity contribution in [2.45, 2.75) is 111 Å². The average Bonchev–Trinajstić information content (AvgIpc) is 3.34. The van der Waals surface area contributed by atoms with E-state index in [9.17, 15) is 23.5 Å². The molecule has 2 unspecified atom stereocenters. The van der Waals surface area contributed by atoms with Crippen molar-refractivity contribution in [3.05, 3.63) is 23.4 Å². The Balaban J connectivity index is 1.25. The van der Waals surface area contributed by atoms with Crippen molar-refractivity contribution in [1.29, 1.82) is 0 Å². The van der Waals surface area contributed by atoms with E-state index in [1.54, 1.807) is 11.8 Å². The summed E-state index contributed by atoms with van der Waals surface area (Å²) in [4.78, 5) is 30.6. The molecule has 7 rings (SSSR count). The van der Waals surface area contributed by atoms with Crippen LogP contribution in [-0.2, 0) is 14.9 Å². The Morgan fingerprint density at radius 3 is 2.54 bits per heavy atom. The molecule has 2 heterocycles. The number of carboxylic acid groups (broad SMARTS) is 1. The summed E-state index contributed by atoms with van der Waals surface area (Å²) in [6.45, 7) is -1.47. The lowest BCUT2D eigenvalue weighted by Crippen LogP contribution is -2.62. The SMILES string of the molecule is O=C(O)C[C@@]1(c2ccc(C(=O)N[C@H]3C4CC5CC3C[C@@](OC(F)F)(C5)C4)c(SC3CCCCC3)n2)CCNC1. The highest BCUT2D eigenvalue weighted by Gasteiger charge is 2.57. The molecule has 3 atom stereocenters. The molecule has 39 heavy (non-hydrogen) atoms. The maximum Gasteiger partial charge on any atom is 0.345 e. The fraction of sp³-hybridized carbons (Fsp3) is 0.759. The maximum atomic E-state index is 13.8. The van der Waals surface area contributed by atoms with Crippen LogP contribution in [0.2, 0.25) is 0 Å². The molecule has 4 bridgehead atoms. The predicted molar refractivity (Wildman–Crippen MR) is 143 cm³/mol. The highest BCUT2D eigenvalue weighted by Crippen LogP contribution is 2.57. The number of aliphatic carboxylic acids is 1. The Labute approximate surface area is 232 Å². The highest BCUT2D eigenvalue weighted by atomic mass is 32.2. The lowest BCUT2D eigenvalue weighted by molar-refractivity contribution is -0.260. The average molecular weight is 564 g/mol. The van der Waals surface area contributed by atoms with Gasteiger partial charge in [-0.3, -0.25) is 9.59 Å². The number of hydrogen-bond donors (Lipinski definition) is 3. The van der Waals surface area contributed by atoms with Gasteiger partial charge in [0.05, 0.1) is 17.6 Å². The van der Waals surface area contributed by atoms with Gasteiger partial charge in [-0.15, -0.1) is 11.8 Å². The molecule has 6 aliphatic rings. The van der Waals surface area contributed by atoms with Gasteiger partial charge in [0.1, 0.15) is 5.03 Å². The third-order valence-electron chi connectivity index (χ3n) is 10.1. The van der Waals surface area contributed by atoms with Crippen LogP contribution in [-0.4, -0.2) is 58.6 Å². The predicted octanol–water partition coefficient (Wildman–Crippen LogP) is 5.13. The van der Waals surface area contributed by atoms with Crippen LogP contribution in [0, 0.1) is 17.8 Å². The number of carbonyl (C=O) groups is 2. The minimum absolute atomic E-state index is 0.00111. The molecule has 5 aliphatic carbocycles. The molecule has 1 saturated heterocycles. The molecule has 1 aromatic heterocycles. The van der Waals surface area contributed by atoms with Crippen LogP contribution < -0.4 is 10.6 Å². The third-order valence-corrected chi connectivity index (χ3v) is 11.4. The zero-order valence-corrected chi connectivity index (χ0v) is 23.1. The summed E-state index contributed by atoms with van der Waals surface area (Å²) in [5, 5.41) is 17.3. The smallest absolute Gasteiger partial charge is 0.345 e. The molecular weight excluding hydrogens is 524 g/mol. The van der Waals surface area contributed by atoms with Crippen molar-refractivity contribution in [3.8, 4) is 0 Å². The molecule has 214 valence electrons. The fourth-order valence-corrected chi connectivity index (χ4v) is 9.90. The van der Waals surface area contributed by atoms with Gasteiger partial charge in [-0.05, 0) is 87.8 Å². The molecule has 7 nitrogen and oxygen atoms in total. The molecule has 3 N–H and O–H groups in total. The van der Waals surface area contributed by atoms with Crippen LogP contribution in [0.5, 0.6) is 0 Å². The second kappa shape index (κ2) is 10.9. The first-order valence-corrected chi connectivity index (χ1v) is 15.5. The number of carbonyl (C=O) groups excluding carboxylic acids is 1. The zero-order valence-electron chi connectivity index (χ0n) is 22.3. The minimum Gasteiger partial charge on any atom is -0.481 e. The Morgan fingerprint density at radius 1 is 1.15 bits per heavy atom. The van der Waals surface area contributed by atoms with Gasteiger partial charge >= 0.3 is 12.6 Å². The van der Waals surface area contributed by atoms with Gasteiger partial charge in [-0.2, -0.15) is 8.78 Å². The summed E-state index contributed by atoms with van der Waals surface area (Å²) in [5.41, 5.74) is -0.0443. The van der Waals surface area contributed by atoms with Crippen molar-refractivity contribution in [2.75, 3.05) is 13.1 Å². The number of nitrogens with zero attached hydrogens (tertiary/aromatic N) is 1. The minimum atomic E-state index is -2.77. The molecular formula is C29H39F2N3O4S. The van der Waals surface area contributed by atoms with E-state index in [0.717, 1.165) is 37.9 Å². The summed E-state index contributed by atoms with van der Waals surface area (Å²) < 4.78 is 31.6. The number of nitrogens with one attached hydrogen (secondary N) is 2. The van der Waals surface area contributed by atoms with Gasteiger partial charge in [-0.25, -0.2) is 4.98 Å². The molecule has 10 heteroatoms. The van der Waals surface area contributed by atoms with Gasteiger partial charge in [0.2, 0.25) is 0 Å². The quantitative estimate of drug-likeness (QED) is 0.383. The molecule has 0 spiro atoms. The Morgan fingerprint density at radius 2 is 1.90 bits per heavy atom. The lowest BCUT2D eigenvalue weighted by atomic mass is 9.52. The summed E-state index contributed by atoms with van der Waals surface area (Å²) >= 11 is 1.66. The Kier molecular flexibility index (Phi) is 7.65. The third kappa shape index (κ3) is 5.58.